The summed E-state index contributed by atoms with van der Waals surface area (Å²) >= 11 is 0. The van der Waals surface area contributed by atoms with Crippen LogP contribution in [-0.4, -0.2) is 36.5 Å². The Balaban J connectivity index is 1.61. The van der Waals surface area contributed by atoms with Gasteiger partial charge in [0.15, 0.2) is 6.61 Å². The summed E-state index contributed by atoms with van der Waals surface area (Å²) in [6.45, 7) is 1.50. The van der Waals surface area contributed by atoms with Crippen LogP contribution in [0, 0.1) is 0 Å². The number of hydrogen-bond acceptors (Lipinski definition) is 3. The lowest BCUT2D eigenvalue weighted by Crippen LogP contribution is -2.47. The molecule has 1 saturated heterocycles. The van der Waals surface area contributed by atoms with E-state index in [1.165, 1.54) is 0 Å². The molecule has 110 valence electrons. The Morgan fingerprint density at radius 3 is 2.86 bits per heavy atom. The Bertz CT molecular complexity index is 641. The molecule has 3 rings (SSSR count). The number of nitrogens with two attached hydrogens (primary N) is 1. The number of nitrogens with zero attached hydrogens (tertiary/aromatic N) is 1. The lowest BCUT2D eigenvalue weighted by molar-refractivity contribution is -0.134. The average molecular weight is 284 g/mol. The fraction of sp³-hybridized carbons (Fsp3) is 0.353. The number of amides is 1. The molecule has 1 aliphatic rings. The zero-order valence-electron chi connectivity index (χ0n) is 12.0. The van der Waals surface area contributed by atoms with Crippen molar-refractivity contribution >= 4 is 16.7 Å². The topological polar surface area (TPSA) is 55.6 Å². The SMILES string of the molecule is NC1CCCN(C(=O)COc2ccc3ccccc3c2)C1. The van der Waals surface area contributed by atoms with E-state index < -0.39 is 0 Å². The first kappa shape index (κ1) is 13.9. The molecule has 1 fully saturated rings. The zero-order valence-corrected chi connectivity index (χ0v) is 12.0. The van der Waals surface area contributed by atoms with Crippen LogP contribution < -0.4 is 10.5 Å². The normalized spacial score (nSPS) is 18.7. The van der Waals surface area contributed by atoms with Crippen molar-refractivity contribution in [1.29, 1.82) is 0 Å². The first-order valence-corrected chi connectivity index (χ1v) is 7.37. The molecule has 4 heteroatoms. The van der Waals surface area contributed by atoms with Gasteiger partial charge in [0.25, 0.3) is 5.91 Å². The first-order chi connectivity index (χ1) is 10.2. The number of carbonyl (C=O) groups is 1. The second-order valence-corrected chi connectivity index (χ2v) is 5.54. The van der Waals surface area contributed by atoms with E-state index in [4.69, 9.17) is 10.5 Å². The second-order valence-electron chi connectivity index (χ2n) is 5.54. The van der Waals surface area contributed by atoms with Gasteiger partial charge >= 0.3 is 0 Å². The van der Waals surface area contributed by atoms with Gasteiger partial charge in [-0.05, 0) is 35.7 Å². The van der Waals surface area contributed by atoms with Crippen molar-refractivity contribution in [3.05, 3.63) is 42.5 Å². The molecular formula is C17H20N2O2. The van der Waals surface area contributed by atoms with Crippen LogP contribution in [0.3, 0.4) is 0 Å². The van der Waals surface area contributed by atoms with Crippen molar-refractivity contribution in [2.24, 2.45) is 5.73 Å². The molecule has 2 N–H and O–H groups in total. The molecule has 0 aromatic heterocycles. The maximum absolute atomic E-state index is 12.1. The van der Waals surface area contributed by atoms with Gasteiger partial charge in [-0.15, -0.1) is 0 Å². The number of likely N-dealkylation sites (tertiary alicyclic amines) is 1. The van der Waals surface area contributed by atoms with Gasteiger partial charge in [0.05, 0.1) is 0 Å². The van der Waals surface area contributed by atoms with Crippen molar-refractivity contribution in [3.63, 3.8) is 0 Å². The summed E-state index contributed by atoms with van der Waals surface area (Å²) in [6, 6.07) is 14.1. The number of ether oxygens (including phenoxy) is 1. The van der Waals surface area contributed by atoms with Gasteiger partial charge in [0.2, 0.25) is 0 Å². The van der Waals surface area contributed by atoms with Crippen LogP contribution in [0.25, 0.3) is 10.8 Å². The van der Waals surface area contributed by atoms with Gasteiger partial charge in [0.1, 0.15) is 5.75 Å². The summed E-state index contributed by atoms with van der Waals surface area (Å²) in [6.07, 6.45) is 1.97. The maximum atomic E-state index is 12.1. The lowest BCUT2D eigenvalue weighted by Gasteiger charge is -2.30. The molecular weight excluding hydrogens is 264 g/mol. The number of rotatable bonds is 3. The number of fused-ring (bicyclic) bond motifs is 1. The first-order valence-electron chi connectivity index (χ1n) is 7.37. The number of hydrogen-bond donors (Lipinski definition) is 1. The van der Waals surface area contributed by atoms with Crippen LogP contribution in [-0.2, 0) is 4.79 Å². The summed E-state index contributed by atoms with van der Waals surface area (Å²) in [5.41, 5.74) is 5.90. The fourth-order valence-corrected chi connectivity index (χ4v) is 2.73. The molecule has 0 bridgehead atoms. The fourth-order valence-electron chi connectivity index (χ4n) is 2.73. The molecule has 0 spiro atoms. The van der Waals surface area contributed by atoms with Crippen LogP contribution in [0.2, 0.25) is 0 Å². The van der Waals surface area contributed by atoms with Gasteiger partial charge < -0.3 is 15.4 Å². The summed E-state index contributed by atoms with van der Waals surface area (Å²) in [7, 11) is 0. The predicted molar refractivity (Wildman–Crippen MR) is 83.2 cm³/mol. The van der Waals surface area contributed by atoms with E-state index in [2.05, 4.69) is 6.07 Å². The minimum Gasteiger partial charge on any atom is -0.484 e. The Morgan fingerprint density at radius 1 is 1.24 bits per heavy atom. The van der Waals surface area contributed by atoms with Crippen molar-refractivity contribution in [3.8, 4) is 5.75 Å². The molecule has 1 aliphatic heterocycles. The smallest absolute Gasteiger partial charge is 0.260 e. The Kier molecular flexibility index (Phi) is 4.06. The van der Waals surface area contributed by atoms with E-state index in [0.717, 1.165) is 35.9 Å². The van der Waals surface area contributed by atoms with Gasteiger partial charge in [-0.1, -0.05) is 30.3 Å². The predicted octanol–water partition coefficient (Wildman–Crippen LogP) is 2.17. The van der Waals surface area contributed by atoms with Gasteiger partial charge in [-0.3, -0.25) is 4.79 Å². The Labute approximate surface area is 124 Å². The third-order valence-electron chi connectivity index (χ3n) is 3.89. The third kappa shape index (κ3) is 3.34. The van der Waals surface area contributed by atoms with Crippen molar-refractivity contribution in [2.45, 2.75) is 18.9 Å². The average Bonchev–Trinajstić information content (AvgIpc) is 2.52. The summed E-state index contributed by atoms with van der Waals surface area (Å²) in [5, 5.41) is 2.28. The summed E-state index contributed by atoms with van der Waals surface area (Å²) in [5.74, 6) is 0.738. The van der Waals surface area contributed by atoms with Gasteiger partial charge in [-0.25, -0.2) is 0 Å². The maximum Gasteiger partial charge on any atom is 0.260 e. The monoisotopic (exact) mass is 284 g/mol. The summed E-state index contributed by atoms with van der Waals surface area (Å²) in [4.78, 5) is 13.9. The highest BCUT2D eigenvalue weighted by atomic mass is 16.5. The van der Waals surface area contributed by atoms with Crippen molar-refractivity contribution < 1.29 is 9.53 Å². The molecule has 1 atom stereocenters. The number of carbonyl (C=O) groups excluding carboxylic acids is 1. The second kappa shape index (κ2) is 6.14. The highest BCUT2D eigenvalue weighted by Gasteiger charge is 2.21. The lowest BCUT2D eigenvalue weighted by atomic mass is 10.1. The molecule has 21 heavy (non-hydrogen) atoms. The highest BCUT2D eigenvalue weighted by molar-refractivity contribution is 5.84. The zero-order chi connectivity index (χ0) is 14.7. The van der Waals surface area contributed by atoms with Crippen molar-refractivity contribution in [2.75, 3.05) is 19.7 Å². The molecule has 2 aromatic rings. The van der Waals surface area contributed by atoms with Gasteiger partial charge in [0, 0.05) is 19.1 Å². The largest absolute Gasteiger partial charge is 0.484 e. The number of benzene rings is 2. The third-order valence-corrected chi connectivity index (χ3v) is 3.89. The molecule has 0 radical (unpaired) electrons. The van der Waals surface area contributed by atoms with Crippen molar-refractivity contribution in [1.82, 2.24) is 4.90 Å². The summed E-state index contributed by atoms with van der Waals surface area (Å²) < 4.78 is 5.63. The standard InChI is InChI=1S/C17H20N2O2/c18-15-6-3-9-19(11-15)17(20)12-21-16-8-7-13-4-1-2-5-14(13)10-16/h1-2,4-5,7-8,10,15H,3,6,9,11-12,18H2. The highest BCUT2D eigenvalue weighted by Crippen LogP contribution is 2.20. The van der Waals surface area contributed by atoms with E-state index in [0.29, 0.717) is 6.54 Å². The number of piperidine rings is 1. The quantitative estimate of drug-likeness (QED) is 0.939. The molecule has 1 heterocycles. The van der Waals surface area contributed by atoms with E-state index in [1.54, 1.807) is 4.90 Å². The van der Waals surface area contributed by atoms with Gasteiger partial charge in [-0.2, -0.15) is 0 Å². The Morgan fingerprint density at radius 2 is 2.05 bits per heavy atom. The van der Waals surface area contributed by atoms with E-state index in [9.17, 15) is 4.79 Å². The van der Waals surface area contributed by atoms with Crippen LogP contribution in [0.1, 0.15) is 12.8 Å². The molecule has 1 unspecified atom stereocenters. The molecule has 0 saturated carbocycles. The molecule has 0 aliphatic carbocycles. The van der Waals surface area contributed by atoms with E-state index in [-0.39, 0.29) is 18.6 Å². The van der Waals surface area contributed by atoms with E-state index in [1.807, 2.05) is 36.4 Å². The van der Waals surface area contributed by atoms with Crippen LogP contribution in [0.5, 0.6) is 5.75 Å². The van der Waals surface area contributed by atoms with Crippen LogP contribution in [0.4, 0.5) is 0 Å². The van der Waals surface area contributed by atoms with Crippen LogP contribution >= 0.6 is 0 Å². The van der Waals surface area contributed by atoms with E-state index >= 15 is 0 Å². The Hall–Kier alpha value is -2.07. The molecule has 4 nitrogen and oxygen atoms in total. The minimum atomic E-state index is 0.0123. The minimum absolute atomic E-state index is 0.0123. The van der Waals surface area contributed by atoms with Crippen LogP contribution in [0.15, 0.2) is 42.5 Å². The molecule has 2 aromatic carbocycles. The molecule has 1 amide bonds.